The number of carbonyl (C=O) groups is 1. The van der Waals surface area contributed by atoms with Crippen LogP contribution in [0.15, 0.2) is 24.0 Å². The SMILES string of the molecule is CN(C(=O)OC(C)(C)C)C1CC(OCCCCC2=CCC=CN2)C1. The van der Waals surface area contributed by atoms with Crippen LogP contribution in [0, 0.1) is 0 Å². The number of rotatable bonds is 7. The van der Waals surface area contributed by atoms with Crippen LogP contribution >= 0.6 is 0 Å². The Morgan fingerprint density at radius 3 is 2.71 bits per heavy atom. The first kappa shape index (κ1) is 18.8. The monoisotopic (exact) mass is 336 g/mol. The summed E-state index contributed by atoms with van der Waals surface area (Å²) < 4.78 is 11.3. The van der Waals surface area contributed by atoms with E-state index in [2.05, 4.69) is 17.5 Å². The Balaban J connectivity index is 1.52. The zero-order valence-electron chi connectivity index (χ0n) is 15.5. The Bertz CT molecular complexity index is 473. The fraction of sp³-hybridized carbons (Fsp3) is 0.737. The summed E-state index contributed by atoms with van der Waals surface area (Å²) in [5.74, 6) is 0. The van der Waals surface area contributed by atoms with Gasteiger partial charge in [-0.1, -0.05) is 12.2 Å². The minimum absolute atomic E-state index is 0.242. The predicted molar refractivity (Wildman–Crippen MR) is 95.6 cm³/mol. The third-order valence-corrected chi connectivity index (χ3v) is 4.38. The number of unbranched alkanes of at least 4 members (excludes halogenated alkanes) is 1. The van der Waals surface area contributed by atoms with Crippen LogP contribution in [0.25, 0.3) is 0 Å². The fourth-order valence-corrected chi connectivity index (χ4v) is 2.82. The van der Waals surface area contributed by atoms with Crippen molar-refractivity contribution in [2.75, 3.05) is 13.7 Å². The topological polar surface area (TPSA) is 50.8 Å². The molecule has 1 saturated carbocycles. The molecule has 2 aliphatic rings. The minimum Gasteiger partial charge on any atom is -0.444 e. The van der Waals surface area contributed by atoms with Crippen LogP contribution in [-0.2, 0) is 9.47 Å². The molecule has 1 N–H and O–H groups in total. The van der Waals surface area contributed by atoms with Crippen molar-refractivity contribution in [2.45, 2.75) is 77.0 Å². The number of amides is 1. The second-order valence-electron chi connectivity index (χ2n) is 7.68. The van der Waals surface area contributed by atoms with Crippen molar-refractivity contribution < 1.29 is 14.3 Å². The van der Waals surface area contributed by atoms with Gasteiger partial charge < -0.3 is 19.7 Å². The van der Waals surface area contributed by atoms with Crippen LogP contribution in [0.4, 0.5) is 4.79 Å². The minimum atomic E-state index is -0.441. The van der Waals surface area contributed by atoms with Gasteiger partial charge in [-0.25, -0.2) is 4.79 Å². The first-order chi connectivity index (χ1) is 11.3. The van der Waals surface area contributed by atoms with Crippen LogP contribution < -0.4 is 5.32 Å². The van der Waals surface area contributed by atoms with Crippen LogP contribution in [0.3, 0.4) is 0 Å². The maximum absolute atomic E-state index is 12.0. The molecule has 0 radical (unpaired) electrons. The molecule has 0 aromatic rings. The molecule has 0 saturated heterocycles. The number of nitrogens with one attached hydrogen (secondary N) is 1. The van der Waals surface area contributed by atoms with E-state index in [1.165, 1.54) is 5.70 Å². The van der Waals surface area contributed by atoms with Crippen molar-refractivity contribution in [1.82, 2.24) is 10.2 Å². The third kappa shape index (κ3) is 6.19. The molecule has 5 heteroatoms. The van der Waals surface area contributed by atoms with E-state index in [-0.39, 0.29) is 18.2 Å². The number of dihydropyridines is 1. The molecule has 5 nitrogen and oxygen atoms in total. The predicted octanol–water partition coefficient (Wildman–Crippen LogP) is 3.96. The van der Waals surface area contributed by atoms with Crippen LogP contribution in [-0.4, -0.2) is 42.4 Å². The van der Waals surface area contributed by atoms with Gasteiger partial charge in [-0.15, -0.1) is 0 Å². The first-order valence-corrected chi connectivity index (χ1v) is 9.03. The van der Waals surface area contributed by atoms with Crippen molar-refractivity contribution in [3.8, 4) is 0 Å². The molecule has 0 aromatic heterocycles. The first-order valence-electron chi connectivity index (χ1n) is 9.03. The fourth-order valence-electron chi connectivity index (χ4n) is 2.82. The molecule has 1 heterocycles. The molecule has 24 heavy (non-hydrogen) atoms. The number of ether oxygens (including phenoxy) is 2. The molecular formula is C19H32N2O3. The van der Waals surface area contributed by atoms with Crippen LogP contribution in [0.5, 0.6) is 0 Å². The zero-order chi connectivity index (χ0) is 17.6. The molecule has 1 fully saturated rings. The summed E-state index contributed by atoms with van der Waals surface area (Å²) in [4.78, 5) is 13.7. The van der Waals surface area contributed by atoms with E-state index in [9.17, 15) is 4.79 Å². The number of allylic oxidation sites excluding steroid dienone is 3. The highest BCUT2D eigenvalue weighted by Crippen LogP contribution is 2.28. The molecule has 1 amide bonds. The second kappa shape index (κ2) is 8.56. The molecule has 1 aliphatic heterocycles. The van der Waals surface area contributed by atoms with E-state index >= 15 is 0 Å². The van der Waals surface area contributed by atoms with E-state index in [0.717, 1.165) is 45.1 Å². The lowest BCUT2D eigenvalue weighted by Crippen LogP contribution is -2.50. The molecule has 0 spiro atoms. The van der Waals surface area contributed by atoms with Gasteiger partial charge in [0.1, 0.15) is 5.60 Å². The van der Waals surface area contributed by atoms with Gasteiger partial charge >= 0.3 is 6.09 Å². The van der Waals surface area contributed by atoms with Crippen molar-refractivity contribution in [1.29, 1.82) is 0 Å². The van der Waals surface area contributed by atoms with Crippen LogP contribution in [0.2, 0.25) is 0 Å². The standard InChI is InChI=1S/C19H32N2O3/c1-19(2,3)24-18(22)21(4)16-13-17(14-16)23-12-8-6-10-15-9-5-7-11-20-15/h7,9,11,16-17,20H,5-6,8,10,12-14H2,1-4H3. The molecule has 0 unspecified atom stereocenters. The molecule has 136 valence electrons. The van der Waals surface area contributed by atoms with Gasteiger partial charge in [0.05, 0.1) is 6.10 Å². The second-order valence-corrected chi connectivity index (χ2v) is 7.68. The third-order valence-electron chi connectivity index (χ3n) is 4.38. The largest absolute Gasteiger partial charge is 0.444 e. The Morgan fingerprint density at radius 2 is 2.08 bits per heavy atom. The summed E-state index contributed by atoms with van der Waals surface area (Å²) in [6, 6.07) is 0.244. The van der Waals surface area contributed by atoms with E-state index in [1.54, 1.807) is 4.90 Å². The van der Waals surface area contributed by atoms with E-state index < -0.39 is 5.60 Å². The quantitative estimate of drug-likeness (QED) is 0.715. The highest BCUT2D eigenvalue weighted by molar-refractivity contribution is 5.68. The van der Waals surface area contributed by atoms with Gasteiger partial charge in [0.25, 0.3) is 0 Å². The highest BCUT2D eigenvalue weighted by Gasteiger charge is 2.36. The maximum atomic E-state index is 12.0. The number of nitrogens with zero attached hydrogens (tertiary/aromatic N) is 1. The summed E-state index contributed by atoms with van der Waals surface area (Å²) in [6.07, 6.45) is 12.6. The maximum Gasteiger partial charge on any atom is 0.410 e. The van der Waals surface area contributed by atoms with Gasteiger partial charge in [-0.3, -0.25) is 0 Å². The average molecular weight is 336 g/mol. The zero-order valence-corrected chi connectivity index (χ0v) is 15.5. The summed E-state index contributed by atoms with van der Waals surface area (Å²) in [5.41, 5.74) is 0.879. The lowest BCUT2D eigenvalue weighted by Gasteiger charge is -2.41. The number of hydrogen-bond acceptors (Lipinski definition) is 4. The Labute approximate surface area is 146 Å². The molecule has 0 bridgehead atoms. The smallest absolute Gasteiger partial charge is 0.410 e. The van der Waals surface area contributed by atoms with Gasteiger partial charge in [-0.2, -0.15) is 0 Å². The van der Waals surface area contributed by atoms with Crippen molar-refractivity contribution in [3.63, 3.8) is 0 Å². The van der Waals surface area contributed by atoms with E-state index in [4.69, 9.17) is 9.47 Å². The number of carbonyl (C=O) groups excluding carboxylic acids is 1. The lowest BCUT2D eigenvalue weighted by atomic mass is 9.88. The highest BCUT2D eigenvalue weighted by atomic mass is 16.6. The van der Waals surface area contributed by atoms with E-state index in [1.807, 2.05) is 34.0 Å². The van der Waals surface area contributed by atoms with Crippen molar-refractivity contribution in [3.05, 3.63) is 24.0 Å². The van der Waals surface area contributed by atoms with Gasteiger partial charge in [0.2, 0.25) is 0 Å². The number of hydrogen-bond donors (Lipinski definition) is 1. The van der Waals surface area contributed by atoms with Gasteiger partial charge in [0, 0.05) is 25.4 Å². The summed E-state index contributed by atoms with van der Waals surface area (Å²) in [5, 5.41) is 3.28. The Hall–Kier alpha value is -1.49. The Morgan fingerprint density at radius 1 is 1.33 bits per heavy atom. The van der Waals surface area contributed by atoms with Gasteiger partial charge in [-0.05, 0) is 65.5 Å². The van der Waals surface area contributed by atoms with E-state index in [0.29, 0.717) is 0 Å². The summed E-state index contributed by atoms with van der Waals surface area (Å²) >= 11 is 0. The summed E-state index contributed by atoms with van der Waals surface area (Å²) in [7, 11) is 1.81. The van der Waals surface area contributed by atoms with Crippen LogP contribution in [0.1, 0.15) is 59.3 Å². The average Bonchev–Trinajstić information content (AvgIpc) is 2.47. The molecule has 0 atom stereocenters. The molecule has 2 rings (SSSR count). The Kier molecular flexibility index (Phi) is 6.72. The van der Waals surface area contributed by atoms with Crippen molar-refractivity contribution in [2.24, 2.45) is 0 Å². The molecule has 1 aliphatic carbocycles. The molecule has 0 aromatic carbocycles. The van der Waals surface area contributed by atoms with Crippen molar-refractivity contribution >= 4 is 6.09 Å². The summed E-state index contributed by atoms with van der Waals surface area (Å²) in [6.45, 7) is 6.47. The lowest BCUT2D eigenvalue weighted by molar-refractivity contribution is -0.0517. The normalized spacial score (nSPS) is 23.1. The molecular weight excluding hydrogens is 304 g/mol. The van der Waals surface area contributed by atoms with Gasteiger partial charge in [0.15, 0.2) is 0 Å².